The highest BCUT2D eigenvalue weighted by Crippen LogP contribution is 2.23. The molecule has 6 nitrogen and oxygen atoms in total. The third-order valence-corrected chi connectivity index (χ3v) is 3.25. The van der Waals surface area contributed by atoms with Gasteiger partial charge in [0, 0.05) is 17.5 Å². The number of nitrogens with one attached hydrogen (secondary N) is 2. The van der Waals surface area contributed by atoms with E-state index in [0.717, 1.165) is 29.0 Å². The minimum Gasteiger partial charge on any atom is -0.350 e. The second kappa shape index (κ2) is 5.43. The first-order valence-electron chi connectivity index (χ1n) is 6.09. The van der Waals surface area contributed by atoms with Crippen molar-refractivity contribution in [3.8, 4) is 0 Å². The summed E-state index contributed by atoms with van der Waals surface area (Å²) in [6, 6.07) is 0.0721. The van der Waals surface area contributed by atoms with Crippen molar-refractivity contribution in [3.05, 3.63) is 17.5 Å². The molecule has 98 valence electrons. The molecule has 18 heavy (non-hydrogen) atoms. The van der Waals surface area contributed by atoms with Crippen LogP contribution in [-0.4, -0.2) is 24.5 Å². The molecule has 0 bridgehead atoms. The number of hydrogen-bond acceptors (Lipinski definition) is 6. The number of H-pyrrole nitrogens is 1. The van der Waals surface area contributed by atoms with Crippen LogP contribution in [0.2, 0.25) is 0 Å². The SMILES string of the molecule is CCC(Nc1nc(C(C)C)ns1)c1n[nH]c(C)n1. The summed E-state index contributed by atoms with van der Waals surface area (Å²) in [6.07, 6.45) is 0.897. The van der Waals surface area contributed by atoms with Crippen molar-refractivity contribution in [2.75, 3.05) is 5.32 Å². The molecule has 2 heterocycles. The van der Waals surface area contributed by atoms with Gasteiger partial charge in [0.1, 0.15) is 11.6 Å². The highest BCUT2D eigenvalue weighted by molar-refractivity contribution is 7.09. The lowest BCUT2D eigenvalue weighted by atomic mass is 10.2. The average molecular weight is 266 g/mol. The van der Waals surface area contributed by atoms with Crippen LogP contribution >= 0.6 is 11.5 Å². The van der Waals surface area contributed by atoms with Crippen LogP contribution in [0.1, 0.15) is 56.6 Å². The van der Waals surface area contributed by atoms with Gasteiger partial charge >= 0.3 is 0 Å². The van der Waals surface area contributed by atoms with Crippen LogP contribution in [0.4, 0.5) is 5.13 Å². The lowest BCUT2D eigenvalue weighted by Crippen LogP contribution is -2.11. The second-order valence-electron chi connectivity index (χ2n) is 4.50. The Hall–Kier alpha value is -1.50. The Morgan fingerprint density at radius 1 is 1.28 bits per heavy atom. The molecule has 2 N–H and O–H groups in total. The Morgan fingerprint density at radius 3 is 2.56 bits per heavy atom. The fraction of sp³-hybridized carbons (Fsp3) is 0.636. The van der Waals surface area contributed by atoms with E-state index in [0.29, 0.717) is 5.92 Å². The van der Waals surface area contributed by atoms with E-state index >= 15 is 0 Å². The zero-order valence-corrected chi connectivity index (χ0v) is 11.9. The Bertz CT molecular complexity index is 503. The van der Waals surface area contributed by atoms with Crippen LogP contribution in [-0.2, 0) is 0 Å². The van der Waals surface area contributed by atoms with Crippen molar-refractivity contribution in [1.29, 1.82) is 0 Å². The molecule has 0 saturated heterocycles. The molecule has 0 aromatic carbocycles. The third kappa shape index (κ3) is 2.84. The molecule has 2 aromatic heterocycles. The normalized spacial score (nSPS) is 12.9. The minimum atomic E-state index is 0.0721. The van der Waals surface area contributed by atoms with Crippen LogP contribution in [0.15, 0.2) is 0 Å². The smallest absolute Gasteiger partial charge is 0.203 e. The Balaban J connectivity index is 2.10. The predicted molar refractivity (Wildman–Crippen MR) is 71.8 cm³/mol. The summed E-state index contributed by atoms with van der Waals surface area (Å²) in [6.45, 7) is 8.16. The molecule has 0 aliphatic rings. The van der Waals surface area contributed by atoms with Gasteiger partial charge < -0.3 is 5.32 Å². The van der Waals surface area contributed by atoms with Gasteiger partial charge in [0.15, 0.2) is 5.82 Å². The molecule has 0 aliphatic carbocycles. The fourth-order valence-electron chi connectivity index (χ4n) is 1.54. The molecule has 0 saturated carbocycles. The van der Waals surface area contributed by atoms with Gasteiger partial charge in [0.2, 0.25) is 5.13 Å². The zero-order valence-electron chi connectivity index (χ0n) is 11.1. The summed E-state index contributed by atoms with van der Waals surface area (Å²) >= 11 is 1.39. The van der Waals surface area contributed by atoms with Crippen molar-refractivity contribution < 1.29 is 0 Å². The molecule has 0 spiro atoms. The van der Waals surface area contributed by atoms with Crippen molar-refractivity contribution in [1.82, 2.24) is 24.5 Å². The molecular weight excluding hydrogens is 248 g/mol. The summed E-state index contributed by atoms with van der Waals surface area (Å²) in [5.74, 6) is 2.83. The lowest BCUT2D eigenvalue weighted by molar-refractivity contribution is 0.694. The van der Waals surface area contributed by atoms with E-state index < -0.39 is 0 Å². The maximum atomic E-state index is 4.46. The number of hydrogen-bond donors (Lipinski definition) is 2. The Kier molecular flexibility index (Phi) is 3.90. The standard InChI is InChI=1S/C11H18N6S/c1-5-8(10-12-7(4)15-16-10)13-11-14-9(6(2)3)17-18-11/h6,8H,5H2,1-4H3,(H,12,15,16)(H,13,14,17). The molecular formula is C11H18N6S. The van der Waals surface area contributed by atoms with E-state index in [4.69, 9.17) is 0 Å². The largest absolute Gasteiger partial charge is 0.350 e. The average Bonchev–Trinajstić information content (AvgIpc) is 2.94. The summed E-state index contributed by atoms with van der Waals surface area (Å²) in [5, 5.41) is 11.2. The van der Waals surface area contributed by atoms with Crippen LogP contribution in [0, 0.1) is 6.92 Å². The van der Waals surface area contributed by atoms with Gasteiger partial charge in [-0.1, -0.05) is 20.8 Å². The van der Waals surface area contributed by atoms with E-state index in [9.17, 15) is 0 Å². The summed E-state index contributed by atoms with van der Waals surface area (Å²) in [4.78, 5) is 8.81. The van der Waals surface area contributed by atoms with Gasteiger partial charge in [0.05, 0.1) is 6.04 Å². The number of aromatic nitrogens is 5. The number of aryl methyl sites for hydroxylation is 1. The monoisotopic (exact) mass is 266 g/mol. The lowest BCUT2D eigenvalue weighted by Gasteiger charge is -2.11. The summed E-state index contributed by atoms with van der Waals surface area (Å²) in [7, 11) is 0. The van der Waals surface area contributed by atoms with Crippen LogP contribution in [0.25, 0.3) is 0 Å². The molecule has 2 rings (SSSR count). The topological polar surface area (TPSA) is 79.4 Å². The van der Waals surface area contributed by atoms with Crippen LogP contribution in [0.5, 0.6) is 0 Å². The van der Waals surface area contributed by atoms with Crippen molar-refractivity contribution >= 4 is 16.7 Å². The number of aromatic amines is 1. The molecule has 0 fully saturated rings. The molecule has 7 heteroatoms. The van der Waals surface area contributed by atoms with Gasteiger partial charge in [-0.3, -0.25) is 5.10 Å². The second-order valence-corrected chi connectivity index (χ2v) is 5.25. The first kappa shape index (κ1) is 12.9. The van der Waals surface area contributed by atoms with Gasteiger partial charge in [-0.05, 0) is 13.3 Å². The van der Waals surface area contributed by atoms with Gasteiger partial charge in [-0.25, -0.2) is 9.97 Å². The predicted octanol–water partition coefficient (Wildman–Crippen LogP) is 2.65. The van der Waals surface area contributed by atoms with Gasteiger partial charge in [0.25, 0.3) is 0 Å². The number of rotatable bonds is 5. The van der Waals surface area contributed by atoms with E-state index in [1.54, 1.807) is 0 Å². The van der Waals surface area contributed by atoms with Gasteiger partial charge in [-0.15, -0.1) is 0 Å². The first-order chi connectivity index (χ1) is 8.60. The molecule has 1 unspecified atom stereocenters. The number of nitrogens with zero attached hydrogens (tertiary/aromatic N) is 4. The first-order valence-corrected chi connectivity index (χ1v) is 6.86. The molecule has 0 radical (unpaired) electrons. The van der Waals surface area contributed by atoms with E-state index in [-0.39, 0.29) is 6.04 Å². The Morgan fingerprint density at radius 2 is 2.06 bits per heavy atom. The van der Waals surface area contributed by atoms with Crippen molar-refractivity contribution in [2.24, 2.45) is 0 Å². The zero-order chi connectivity index (χ0) is 13.1. The quantitative estimate of drug-likeness (QED) is 0.869. The molecule has 2 aromatic rings. The van der Waals surface area contributed by atoms with Crippen LogP contribution in [0.3, 0.4) is 0 Å². The maximum absolute atomic E-state index is 4.46. The molecule has 1 atom stereocenters. The highest BCUT2D eigenvalue weighted by Gasteiger charge is 2.16. The third-order valence-electron chi connectivity index (χ3n) is 2.59. The minimum absolute atomic E-state index is 0.0721. The molecule has 0 aliphatic heterocycles. The molecule has 0 amide bonds. The van der Waals surface area contributed by atoms with E-state index in [1.807, 2.05) is 6.92 Å². The fourth-order valence-corrected chi connectivity index (χ4v) is 2.30. The van der Waals surface area contributed by atoms with E-state index in [2.05, 4.69) is 50.6 Å². The maximum Gasteiger partial charge on any atom is 0.203 e. The summed E-state index contributed by atoms with van der Waals surface area (Å²) in [5.41, 5.74) is 0. The van der Waals surface area contributed by atoms with E-state index in [1.165, 1.54) is 11.5 Å². The van der Waals surface area contributed by atoms with Crippen molar-refractivity contribution in [2.45, 2.75) is 46.1 Å². The highest BCUT2D eigenvalue weighted by atomic mass is 32.1. The van der Waals surface area contributed by atoms with Crippen LogP contribution < -0.4 is 5.32 Å². The number of anilines is 1. The van der Waals surface area contributed by atoms with Gasteiger partial charge in [-0.2, -0.15) is 9.47 Å². The van der Waals surface area contributed by atoms with Crippen molar-refractivity contribution in [3.63, 3.8) is 0 Å². The summed E-state index contributed by atoms with van der Waals surface area (Å²) < 4.78 is 4.32. The Labute approximate surface area is 110 Å².